The summed E-state index contributed by atoms with van der Waals surface area (Å²) < 4.78 is 5.36. The van der Waals surface area contributed by atoms with Crippen LogP contribution in [0.2, 0.25) is 0 Å². The normalized spacial score (nSPS) is 20.3. The molecule has 0 amide bonds. The van der Waals surface area contributed by atoms with E-state index in [0.29, 0.717) is 13.2 Å². The minimum Gasteiger partial charge on any atom is -0.478 e. The number of carbonyl (C=O) groups is 1. The van der Waals surface area contributed by atoms with Crippen molar-refractivity contribution in [2.75, 3.05) is 31.2 Å². The summed E-state index contributed by atoms with van der Waals surface area (Å²) in [5.41, 5.74) is 1.23. The van der Waals surface area contributed by atoms with E-state index < -0.39 is 5.97 Å². The molecular formula is C12H15NO4. The molecule has 92 valence electrons. The molecule has 5 nitrogen and oxygen atoms in total. The lowest BCUT2D eigenvalue weighted by Crippen LogP contribution is -2.44. The first-order chi connectivity index (χ1) is 8.20. The van der Waals surface area contributed by atoms with E-state index in [1.165, 1.54) is 0 Å². The minimum atomic E-state index is -0.924. The van der Waals surface area contributed by atoms with Crippen LogP contribution < -0.4 is 4.90 Å². The molecule has 2 N–H and O–H groups in total. The maximum absolute atomic E-state index is 10.7. The van der Waals surface area contributed by atoms with Gasteiger partial charge in [0.1, 0.15) is 0 Å². The molecule has 0 aliphatic carbocycles. The average Bonchev–Trinajstić information content (AvgIpc) is 2.39. The SMILES string of the molecule is O=C(O)c1ccc(N2CCO[C@H](CO)C2)cc1. The van der Waals surface area contributed by atoms with E-state index in [4.69, 9.17) is 14.9 Å². The largest absolute Gasteiger partial charge is 0.478 e. The van der Waals surface area contributed by atoms with E-state index in [9.17, 15) is 4.79 Å². The van der Waals surface area contributed by atoms with Gasteiger partial charge >= 0.3 is 5.97 Å². The van der Waals surface area contributed by atoms with Gasteiger partial charge < -0.3 is 19.8 Å². The zero-order chi connectivity index (χ0) is 12.3. The molecule has 0 unspecified atom stereocenters. The molecule has 1 aliphatic rings. The Morgan fingerprint density at radius 3 is 2.71 bits per heavy atom. The molecule has 0 spiro atoms. The van der Waals surface area contributed by atoms with Gasteiger partial charge in [-0.3, -0.25) is 0 Å². The molecule has 0 bridgehead atoms. The third-order valence-corrected chi connectivity index (χ3v) is 2.82. The average molecular weight is 237 g/mol. The third-order valence-electron chi connectivity index (χ3n) is 2.82. The van der Waals surface area contributed by atoms with Gasteiger partial charge in [0.15, 0.2) is 0 Å². The Morgan fingerprint density at radius 2 is 2.12 bits per heavy atom. The van der Waals surface area contributed by atoms with Crippen LogP contribution >= 0.6 is 0 Å². The van der Waals surface area contributed by atoms with Crippen LogP contribution in [0.5, 0.6) is 0 Å². The lowest BCUT2D eigenvalue weighted by molar-refractivity contribution is 0.00356. The first-order valence-electron chi connectivity index (χ1n) is 5.51. The molecule has 1 aromatic carbocycles. The Labute approximate surface area is 99.2 Å². The van der Waals surface area contributed by atoms with Crippen molar-refractivity contribution >= 4 is 11.7 Å². The predicted molar refractivity (Wildman–Crippen MR) is 62.4 cm³/mol. The van der Waals surface area contributed by atoms with Crippen molar-refractivity contribution in [2.24, 2.45) is 0 Å². The second-order valence-corrected chi connectivity index (χ2v) is 3.97. The van der Waals surface area contributed by atoms with Crippen LogP contribution in [0.25, 0.3) is 0 Å². The second kappa shape index (κ2) is 5.16. The third kappa shape index (κ3) is 2.75. The second-order valence-electron chi connectivity index (χ2n) is 3.97. The Bertz CT molecular complexity index is 390. The summed E-state index contributed by atoms with van der Waals surface area (Å²) >= 11 is 0. The summed E-state index contributed by atoms with van der Waals surface area (Å²) in [5, 5.41) is 17.8. The van der Waals surface area contributed by atoms with Gasteiger partial charge in [-0.15, -0.1) is 0 Å². The number of carboxylic acids is 1. The number of nitrogens with zero attached hydrogens (tertiary/aromatic N) is 1. The Morgan fingerprint density at radius 1 is 1.41 bits per heavy atom. The number of hydrogen-bond donors (Lipinski definition) is 2. The lowest BCUT2D eigenvalue weighted by Gasteiger charge is -2.33. The van der Waals surface area contributed by atoms with Crippen molar-refractivity contribution in [3.05, 3.63) is 29.8 Å². The molecule has 1 heterocycles. The lowest BCUT2D eigenvalue weighted by atomic mass is 10.2. The Balaban J connectivity index is 2.08. The molecule has 0 aromatic heterocycles. The van der Waals surface area contributed by atoms with Crippen molar-refractivity contribution in [3.8, 4) is 0 Å². The van der Waals surface area contributed by atoms with Crippen LogP contribution in [0.3, 0.4) is 0 Å². The summed E-state index contributed by atoms with van der Waals surface area (Å²) in [6, 6.07) is 6.73. The zero-order valence-corrected chi connectivity index (χ0v) is 9.37. The first kappa shape index (κ1) is 11.9. The fourth-order valence-corrected chi connectivity index (χ4v) is 1.88. The summed E-state index contributed by atoms with van der Waals surface area (Å²) in [4.78, 5) is 12.8. The van der Waals surface area contributed by atoms with E-state index in [1.807, 2.05) is 0 Å². The number of morpholine rings is 1. The summed E-state index contributed by atoms with van der Waals surface area (Å²) in [6.45, 7) is 1.96. The molecule has 1 fully saturated rings. The summed E-state index contributed by atoms with van der Waals surface area (Å²) in [5.74, 6) is -0.924. The molecule has 1 aromatic rings. The van der Waals surface area contributed by atoms with E-state index in [1.54, 1.807) is 24.3 Å². The quantitative estimate of drug-likeness (QED) is 0.804. The van der Waals surface area contributed by atoms with Gasteiger partial charge in [0.2, 0.25) is 0 Å². The summed E-state index contributed by atoms with van der Waals surface area (Å²) in [7, 11) is 0. The van der Waals surface area contributed by atoms with Crippen molar-refractivity contribution in [1.29, 1.82) is 0 Å². The zero-order valence-electron chi connectivity index (χ0n) is 9.37. The molecule has 0 saturated carbocycles. The topological polar surface area (TPSA) is 70.0 Å². The highest BCUT2D eigenvalue weighted by Crippen LogP contribution is 2.18. The standard InChI is InChI=1S/C12H15NO4/c14-8-11-7-13(5-6-17-11)10-3-1-9(2-4-10)12(15)16/h1-4,11,14H,5-8H2,(H,15,16)/t11-/m0/s1. The van der Waals surface area contributed by atoms with Gasteiger partial charge in [0, 0.05) is 18.8 Å². The Kier molecular flexibility index (Phi) is 3.61. The van der Waals surface area contributed by atoms with E-state index in [0.717, 1.165) is 12.2 Å². The van der Waals surface area contributed by atoms with Gasteiger partial charge in [-0.05, 0) is 24.3 Å². The highest BCUT2D eigenvalue weighted by atomic mass is 16.5. The number of aliphatic hydroxyl groups is 1. The number of rotatable bonds is 3. The van der Waals surface area contributed by atoms with Crippen LogP contribution in [-0.4, -0.2) is 48.6 Å². The van der Waals surface area contributed by atoms with Gasteiger partial charge in [-0.25, -0.2) is 4.79 Å². The molecule has 17 heavy (non-hydrogen) atoms. The van der Waals surface area contributed by atoms with Crippen molar-refractivity contribution < 1.29 is 19.7 Å². The number of aliphatic hydroxyl groups excluding tert-OH is 1. The number of benzene rings is 1. The minimum absolute atomic E-state index is 0.00368. The van der Waals surface area contributed by atoms with Crippen molar-refractivity contribution in [3.63, 3.8) is 0 Å². The highest BCUT2D eigenvalue weighted by molar-refractivity contribution is 5.88. The molecule has 1 saturated heterocycles. The molecule has 0 radical (unpaired) electrons. The maximum Gasteiger partial charge on any atom is 0.335 e. The molecular weight excluding hydrogens is 222 g/mol. The molecule has 5 heteroatoms. The van der Waals surface area contributed by atoms with Crippen LogP contribution in [0.1, 0.15) is 10.4 Å². The molecule has 2 rings (SSSR count). The van der Waals surface area contributed by atoms with E-state index >= 15 is 0 Å². The summed E-state index contributed by atoms with van der Waals surface area (Å²) in [6.07, 6.45) is -0.164. The van der Waals surface area contributed by atoms with Gasteiger partial charge in [0.25, 0.3) is 0 Å². The monoisotopic (exact) mass is 237 g/mol. The van der Waals surface area contributed by atoms with Crippen LogP contribution in [-0.2, 0) is 4.74 Å². The van der Waals surface area contributed by atoms with E-state index in [-0.39, 0.29) is 18.3 Å². The van der Waals surface area contributed by atoms with Crippen molar-refractivity contribution in [1.82, 2.24) is 0 Å². The maximum atomic E-state index is 10.7. The Hall–Kier alpha value is -1.59. The number of carboxylic acid groups (broad SMARTS) is 1. The van der Waals surface area contributed by atoms with Crippen LogP contribution in [0.4, 0.5) is 5.69 Å². The number of hydrogen-bond acceptors (Lipinski definition) is 4. The van der Waals surface area contributed by atoms with Crippen LogP contribution in [0.15, 0.2) is 24.3 Å². The fourth-order valence-electron chi connectivity index (χ4n) is 1.88. The molecule has 1 atom stereocenters. The predicted octanol–water partition coefficient (Wildman–Crippen LogP) is 0.582. The molecule has 1 aliphatic heterocycles. The number of aromatic carboxylic acids is 1. The highest BCUT2D eigenvalue weighted by Gasteiger charge is 2.19. The van der Waals surface area contributed by atoms with Crippen LogP contribution in [0, 0.1) is 0 Å². The smallest absolute Gasteiger partial charge is 0.335 e. The van der Waals surface area contributed by atoms with Gasteiger partial charge in [-0.2, -0.15) is 0 Å². The first-order valence-corrected chi connectivity index (χ1v) is 5.51. The fraction of sp³-hybridized carbons (Fsp3) is 0.417. The number of ether oxygens (including phenoxy) is 1. The van der Waals surface area contributed by atoms with Gasteiger partial charge in [0.05, 0.1) is 24.9 Å². The van der Waals surface area contributed by atoms with E-state index in [2.05, 4.69) is 4.90 Å². The number of anilines is 1. The van der Waals surface area contributed by atoms with Crippen molar-refractivity contribution in [2.45, 2.75) is 6.10 Å². The van der Waals surface area contributed by atoms with Gasteiger partial charge in [-0.1, -0.05) is 0 Å².